The van der Waals surface area contributed by atoms with Crippen molar-refractivity contribution in [2.75, 3.05) is 19.3 Å². The van der Waals surface area contributed by atoms with Crippen LogP contribution in [-0.4, -0.2) is 43.5 Å². The molecule has 0 spiro atoms. The summed E-state index contributed by atoms with van der Waals surface area (Å²) in [6, 6.07) is 7.46. The molecule has 0 aromatic heterocycles. The molecule has 130 valence electrons. The fraction of sp³-hybridized carbons (Fsp3) is 0.562. The summed E-state index contributed by atoms with van der Waals surface area (Å²) >= 11 is 5.82. The maximum Gasteiger partial charge on any atom is 0.221 e. The van der Waals surface area contributed by atoms with E-state index in [0.29, 0.717) is 18.0 Å². The quantitative estimate of drug-likeness (QED) is 0.812. The number of sulfonamides is 1. The molecule has 0 bridgehead atoms. The molecule has 7 heteroatoms. The van der Waals surface area contributed by atoms with Gasteiger partial charge >= 0.3 is 0 Å². The van der Waals surface area contributed by atoms with Crippen molar-refractivity contribution in [3.05, 3.63) is 34.9 Å². The minimum atomic E-state index is -3.35. The molecule has 0 unspecified atom stereocenters. The fourth-order valence-electron chi connectivity index (χ4n) is 2.29. The second-order valence-electron chi connectivity index (χ2n) is 6.48. The Hall–Kier alpha value is -1.11. The molecule has 1 N–H and O–H groups in total. The molecule has 1 amide bonds. The summed E-state index contributed by atoms with van der Waals surface area (Å²) in [6.45, 7) is 6.12. The second kappa shape index (κ2) is 8.13. The van der Waals surface area contributed by atoms with Crippen molar-refractivity contribution in [2.45, 2.75) is 39.2 Å². The van der Waals surface area contributed by atoms with Gasteiger partial charge in [-0.1, -0.05) is 23.7 Å². The molecule has 0 aliphatic rings. The van der Waals surface area contributed by atoms with Gasteiger partial charge in [-0.2, -0.15) is 4.31 Å². The maximum absolute atomic E-state index is 11.9. The first-order chi connectivity index (χ1) is 10.5. The van der Waals surface area contributed by atoms with Crippen LogP contribution >= 0.6 is 11.6 Å². The van der Waals surface area contributed by atoms with Gasteiger partial charge in [0.05, 0.1) is 6.26 Å². The van der Waals surface area contributed by atoms with Crippen LogP contribution in [0, 0.1) is 0 Å². The molecule has 1 aromatic rings. The molecule has 0 saturated heterocycles. The predicted octanol–water partition coefficient (Wildman–Crippen LogP) is 2.45. The highest BCUT2D eigenvalue weighted by molar-refractivity contribution is 7.88. The highest BCUT2D eigenvalue weighted by atomic mass is 35.5. The zero-order chi connectivity index (χ0) is 17.7. The van der Waals surface area contributed by atoms with Gasteiger partial charge in [0.1, 0.15) is 0 Å². The molecule has 1 rings (SSSR count). The van der Waals surface area contributed by atoms with E-state index in [4.69, 9.17) is 11.6 Å². The van der Waals surface area contributed by atoms with Gasteiger partial charge in [-0.3, -0.25) is 4.79 Å². The minimum absolute atomic E-state index is 0.144. The summed E-state index contributed by atoms with van der Waals surface area (Å²) in [5.74, 6) is -0.156. The summed E-state index contributed by atoms with van der Waals surface area (Å²) in [7, 11) is -3.35. The summed E-state index contributed by atoms with van der Waals surface area (Å²) in [6.07, 6.45) is 2.01. The summed E-state index contributed by atoms with van der Waals surface area (Å²) in [5.41, 5.74) is 0.541. The Labute approximate surface area is 144 Å². The zero-order valence-corrected chi connectivity index (χ0v) is 15.7. The number of carbonyl (C=O) groups is 1. The minimum Gasteiger partial charge on any atom is -0.356 e. The van der Waals surface area contributed by atoms with E-state index in [0.717, 1.165) is 11.8 Å². The number of rotatable bonds is 7. The van der Waals surface area contributed by atoms with Crippen molar-refractivity contribution in [1.82, 2.24) is 9.62 Å². The Morgan fingerprint density at radius 3 is 2.26 bits per heavy atom. The monoisotopic (exact) mass is 360 g/mol. The van der Waals surface area contributed by atoms with E-state index < -0.39 is 15.6 Å². The van der Waals surface area contributed by atoms with E-state index in [9.17, 15) is 13.2 Å². The van der Waals surface area contributed by atoms with Crippen molar-refractivity contribution in [3.63, 3.8) is 0 Å². The largest absolute Gasteiger partial charge is 0.356 e. The van der Waals surface area contributed by atoms with Crippen LogP contribution in [0.25, 0.3) is 0 Å². The van der Waals surface area contributed by atoms with Crippen molar-refractivity contribution in [2.24, 2.45) is 0 Å². The lowest BCUT2D eigenvalue weighted by Crippen LogP contribution is -2.46. The van der Waals surface area contributed by atoms with Crippen LogP contribution in [0.15, 0.2) is 24.3 Å². The van der Waals surface area contributed by atoms with E-state index in [1.807, 2.05) is 45.0 Å². The topological polar surface area (TPSA) is 66.5 Å². The second-order valence-corrected chi connectivity index (χ2v) is 8.83. The van der Waals surface area contributed by atoms with Gasteiger partial charge < -0.3 is 5.32 Å². The molecule has 5 nitrogen and oxygen atoms in total. The number of hydrogen-bond acceptors (Lipinski definition) is 3. The van der Waals surface area contributed by atoms with Crippen LogP contribution in [0.2, 0.25) is 5.02 Å². The fourth-order valence-corrected chi connectivity index (χ4v) is 3.83. The smallest absolute Gasteiger partial charge is 0.221 e. The van der Waals surface area contributed by atoms with E-state index >= 15 is 0 Å². The summed E-state index contributed by atoms with van der Waals surface area (Å²) in [4.78, 5) is 11.9. The molecule has 0 aliphatic heterocycles. The van der Waals surface area contributed by atoms with Crippen molar-refractivity contribution < 1.29 is 13.2 Å². The number of nitrogens with zero attached hydrogens (tertiary/aromatic N) is 1. The van der Waals surface area contributed by atoms with Crippen LogP contribution in [0.1, 0.15) is 32.8 Å². The Bertz CT molecular complexity index is 622. The number of carbonyl (C=O) groups excluding carboxylic acids is 1. The molecule has 0 heterocycles. The third-order valence-corrected chi connectivity index (χ3v) is 5.12. The molecule has 0 fully saturated rings. The average molecular weight is 361 g/mol. The van der Waals surface area contributed by atoms with Crippen LogP contribution < -0.4 is 5.32 Å². The number of halogens is 1. The van der Waals surface area contributed by atoms with Crippen LogP contribution in [0.5, 0.6) is 0 Å². The van der Waals surface area contributed by atoms with Crippen LogP contribution in [-0.2, 0) is 21.2 Å². The predicted molar refractivity (Wildman–Crippen MR) is 94.1 cm³/mol. The normalized spacial score (nSPS) is 12.4. The van der Waals surface area contributed by atoms with Crippen LogP contribution in [0.4, 0.5) is 0 Å². The van der Waals surface area contributed by atoms with Crippen LogP contribution in [0.3, 0.4) is 0 Å². The highest BCUT2D eigenvalue weighted by Gasteiger charge is 2.29. The van der Waals surface area contributed by atoms with Crippen molar-refractivity contribution >= 4 is 27.5 Å². The third kappa shape index (κ3) is 7.33. The van der Waals surface area contributed by atoms with Gasteiger partial charge in [-0.25, -0.2) is 8.42 Å². The first-order valence-corrected chi connectivity index (χ1v) is 9.72. The van der Waals surface area contributed by atoms with E-state index in [1.165, 1.54) is 4.31 Å². The van der Waals surface area contributed by atoms with E-state index in [-0.39, 0.29) is 18.9 Å². The Balaban J connectivity index is 2.43. The van der Waals surface area contributed by atoms with Gasteiger partial charge in [-0.05, 0) is 44.9 Å². The molecular weight excluding hydrogens is 336 g/mol. The standard InChI is InChI=1S/C16H25ClN2O3S/c1-16(2,3)19(23(4,21)22)12-10-15(20)18-11-9-13-5-7-14(17)8-6-13/h5-8H,9-12H2,1-4H3,(H,18,20). The first kappa shape index (κ1) is 19.9. The number of nitrogens with one attached hydrogen (secondary N) is 1. The average Bonchev–Trinajstić information content (AvgIpc) is 2.38. The molecular formula is C16H25ClN2O3S. The summed E-state index contributed by atoms with van der Waals surface area (Å²) in [5, 5.41) is 3.49. The number of benzene rings is 1. The molecule has 23 heavy (non-hydrogen) atoms. The lowest BCUT2D eigenvalue weighted by atomic mass is 10.1. The van der Waals surface area contributed by atoms with Gasteiger partial charge in [0.2, 0.25) is 15.9 Å². The zero-order valence-electron chi connectivity index (χ0n) is 14.1. The van der Waals surface area contributed by atoms with Gasteiger partial charge in [0.15, 0.2) is 0 Å². The SMILES string of the molecule is CC(C)(C)N(CCC(=O)NCCc1ccc(Cl)cc1)S(C)(=O)=O. The van der Waals surface area contributed by atoms with Crippen molar-refractivity contribution in [1.29, 1.82) is 0 Å². The molecule has 0 radical (unpaired) electrons. The molecule has 0 atom stereocenters. The molecule has 0 saturated carbocycles. The number of amides is 1. The number of hydrogen-bond donors (Lipinski definition) is 1. The Kier molecular flexibility index (Phi) is 7.04. The lowest BCUT2D eigenvalue weighted by molar-refractivity contribution is -0.121. The van der Waals surface area contributed by atoms with E-state index in [2.05, 4.69) is 5.32 Å². The van der Waals surface area contributed by atoms with Gasteiger partial charge in [0.25, 0.3) is 0 Å². The van der Waals surface area contributed by atoms with Gasteiger partial charge in [0, 0.05) is 30.1 Å². The first-order valence-electron chi connectivity index (χ1n) is 7.49. The highest BCUT2D eigenvalue weighted by Crippen LogP contribution is 2.17. The Morgan fingerprint density at radius 1 is 1.22 bits per heavy atom. The maximum atomic E-state index is 11.9. The summed E-state index contributed by atoms with van der Waals surface area (Å²) < 4.78 is 24.9. The molecule has 1 aromatic carbocycles. The van der Waals surface area contributed by atoms with Gasteiger partial charge in [-0.15, -0.1) is 0 Å². The Morgan fingerprint density at radius 2 is 1.78 bits per heavy atom. The van der Waals surface area contributed by atoms with Crippen molar-refractivity contribution in [3.8, 4) is 0 Å². The lowest BCUT2D eigenvalue weighted by Gasteiger charge is -2.33. The third-order valence-electron chi connectivity index (χ3n) is 3.34. The van der Waals surface area contributed by atoms with E-state index in [1.54, 1.807) is 0 Å². The molecule has 0 aliphatic carbocycles.